The van der Waals surface area contributed by atoms with Crippen molar-refractivity contribution in [3.8, 4) is 0 Å². The Kier molecular flexibility index (Phi) is 9.88. The summed E-state index contributed by atoms with van der Waals surface area (Å²) in [7, 11) is 0. The van der Waals surface area contributed by atoms with Gasteiger partial charge in [0.1, 0.15) is 12.1 Å². The fourth-order valence-electron chi connectivity index (χ4n) is 4.10. The Bertz CT molecular complexity index is 1210. The lowest BCUT2D eigenvalue weighted by Gasteiger charge is -2.26. The Hall–Kier alpha value is -3.87. The van der Waals surface area contributed by atoms with E-state index in [0.29, 0.717) is 41.7 Å². The van der Waals surface area contributed by atoms with Gasteiger partial charge in [-0.3, -0.25) is 9.59 Å². The smallest absolute Gasteiger partial charge is 0.338 e. The summed E-state index contributed by atoms with van der Waals surface area (Å²) in [5.41, 5.74) is 2.20. The van der Waals surface area contributed by atoms with Crippen molar-refractivity contribution in [2.24, 2.45) is 0 Å². The molecule has 3 rings (SSSR count). The van der Waals surface area contributed by atoms with E-state index in [9.17, 15) is 19.5 Å². The lowest BCUT2D eigenvalue weighted by molar-refractivity contribution is -0.158. The molecule has 1 N–H and O–H groups in total. The van der Waals surface area contributed by atoms with Gasteiger partial charge in [-0.15, -0.1) is 0 Å². The molecule has 0 heterocycles. The van der Waals surface area contributed by atoms with E-state index in [1.54, 1.807) is 57.2 Å². The van der Waals surface area contributed by atoms with Gasteiger partial charge < -0.3 is 19.5 Å². The molecule has 7 heteroatoms. The van der Waals surface area contributed by atoms with E-state index in [2.05, 4.69) is 0 Å². The summed E-state index contributed by atoms with van der Waals surface area (Å²) in [6, 6.07) is 6.89. The van der Waals surface area contributed by atoms with Gasteiger partial charge in [0.2, 0.25) is 0 Å². The van der Waals surface area contributed by atoms with E-state index < -0.39 is 17.5 Å². The Morgan fingerprint density at radius 2 is 1.89 bits per heavy atom. The van der Waals surface area contributed by atoms with Gasteiger partial charge in [0.25, 0.3) is 5.91 Å². The Morgan fingerprint density at radius 3 is 2.63 bits per heavy atom. The molecule has 38 heavy (non-hydrogen) atoms. The number of aliphatic hydroxyl groups is 1. The summed E-state index contributed by atoms with van der Waals surface area (Å²) in [6.07, 6.45) is 13.5. The van der Waals surface area contributed by atoms with Crippen LogP contribution in [0.4, 0.5) is 0 Å². The molecule has 1 aromatic carbocycles. The first kappa shape index (κ1) is 28.7. The monoisotopic (exact) mass is 519 g/mol. The molecule has 0 spiro atoms. The number of carbonyl (C=O) groups excluding carboxylic acids is 3. The van der Waals surface area contributed by atoms with Gasteiger partial charge in [-0.1, -0.05) is 55.9 Å². The van der Waals surface area contributed by atoms with Crippen molar-refractivity contribution < 1.29 is 29.0 Å². The number of allylic oxidation sites excluding steroid dienone is 7. The summed E-state index contributed by atoms with van der Waals surface area (Å²) in [6.45, 7) is 7.52. The fourth-order valence-corrected chi connectivity index (χ4v) is 4.10. The van der Waals surface area contributed by atoms with Crippen LogP contribution in [0.3, 0.4) is 0 Å². The molecule has 0 atom stereocenters. The van der Waals surface area contributed by atoms with Crippen LogP contribution in [-0.4, -0.2) is 46.6 Å². The predicted molar refractivity (Wildman–Crippen MR) is 146 cm³/mol. The van der Waals surface area contributed by atoms with Gasteiger partial charge in [0.15, 0.2) is 0 Å². The highest BCUT2D eigenvalue weighted by Crippen LogP contribution is 2.28. The minimum Gasteiger partial charge on any atom is -0.512 e. The molecule has 1 aromatic rings. The second kappa shape index (κ2) is 13.1. The highest BCUT2D eigenvalue weighted by Gasteiger charge is 2.27. The van der Waals surface area contributed by atoms with Crippen LogP contribution in [-0.2, 0) is 25.6 Å². The maximum Gasteiger partial charge on any atom is 0.338 e. The van der Waals surface area contributed by atoms with E-state index in [-0.39, 0.29) is 24.8 Å². The van der Waals surface area contributed by atoms with E-state index in [4.69, 9.17) is 9.47 Å². The molecule has 2 aliphatic carbocycles. The zero-order valence-corrected chi connectivity index (χ0v) is 22.7. The number of unbranched alkanes of at least 4 members (excludes halogenated alkanes) is 1. The molecule has 0 radical (unpaired) electrons. The second-order valence-corrected chi connectivity index (χ2v) is 10.3. The van der Waals surface area contributed by atoms with Crippen LogP contribution in [0.1, 0.15) is 69.3 Å². The van der Waals surface area contributed by atoms with Crippen LogP contribution in [0.15, 0.2) is 83.2 Å². The average molecular weight is 520 g/mol. The first-order valence-corrected chi connectivity index (χ1v) is 13.0. The van der Waals surface area contributed by atoms with E-state index in [1.807, 2.05) is 31.2 Å². The van der Waals surface area contributed by atoms with Crippen molar-refractivity contribution >= 4 is 17.8 Å². The molecule has 0 aliphatic heterocycles. The molecule has 0 saturated heterocycles. The molecule has 202 valence electrons. The number of nitrogens with zero attached hydrogens (tertiary/aromatic N) is 1. The molecule has 2 aliphatic rings. The van der Waals surface area contributed by atoms with Crippen LogP contribution in [0.5, 0.6) is 0 Å². The standard InChI is InChI=1S/C31H37NO6/c1-5-6-17-37-30(36)24-13-9-11-22(18-24)20-32(21-28(34)38-31(2,3)4)29(35)27-15-8-7-12-23-19-25(33)14-10-16-26(23)27/h7,9-13,15-16,18-19,33H,5-6,8,14,17,20-21H2,1-4H3. The number of amides is 1. The topological polar surface area (TPSA) is 93.1 Å². The van der Waals surface area contributed by atoms with Crippen molar-refractivity contribution in [1.82, 2.24) is 4.90 Å². The van der Waals surface area contributed by atoms with Crippen molar-refractivity contribution in [2.45, 2.75) is 65.5 Å². The van der Waals surface area contributed by atoms with Gasteiger partial charge in [0, 0.05) is 18.5 Å². The lowest BCUT2D eigenvalue weighted by Crippen LogP contribution is -2.39. The van der Waals surface area contributed by atoms with E-state index in [0.717, 1.165) is 18.4 Å². The number of aliphatic hydroxyl groups excluding tert-OH is 1. The minimum absolute atomic E-state index is 0.0896. The maximum atomic E-state index is 14.0. The summed E-state index contributed by atoms with van der Waals surface area (Å²) >= 11 is 0. The molecule has 0 unspecified atom stereocenters. The number of hydrogen-bond acceptors (Lipinski definition) is 6. The number of carbonyl (C=O) groups is 3. The number of ether oxygens (including phenoxy) is 2. The predicted octanol–water partition coefficient (Wildman–Crippen LogP) is 5.90. The summed E-state index contributed by atoms with van der Waals surface area (Å²) in [5.74, 6) is -1.09. The lowest BCUT2D eigenvalue weighted by atomic mass is 9.98. The quantitative estimate of drug-likeness (QED) is 0.323. The molecular formula is C31H37NO6. The number of esters is 2. The van der Waals surface area contributed by atoms with Gasteiger partial charge >= 0.3 is 11.9 Å². The van der Waals surface area contributed by atoms with Crippen LogP contribution >= 0.6 is 0 Å². The molecule has 0 saturated carbocycles. The normalized spacial score (nSPS) is 15.1. The molecular weight excluding hydrogens is 482 g/mol. The third-order valence-electron chi connectivity index (χ3n) is 5.82. The first-order chi connectivity index (χ1) is 18.1. The summed E-state index contributed by atoms with van der Waals surface area (Å²) in [4.78, 5) is 40.7. The molecule has 0 bridgehead atoms. The van der Waals surface area contributed by atoms with Crippen molar-refractivity contribution in [3.63, 3.8) is 0 Å². The van der Waals surface area contributed by atoms with Crippen LogP contribution < -0.4 is 0 Å². The van der Waals surface area contributed by atoms with Crippen LogP contribution in [0, 0.1) is 0 Å². The number of rotatable bonds is 9. The van der Waals surface area contributed by atoms with Crippen molar-refractivity contribution in [2.75, 3.05) is 13.2 Å². The largest absolute Gasteiger partial charge is 0.512 e. The van der Waals surface area contributed by atoms with Gasteiger partial charge in [-0.05, 0) is 68.5 Å². The van der Waals surface area contributed by atoms with Gasteiger partial charge in [-0.2, -0.15) is 0 Å². The number of hydrogen-bond donors (Lipinski definition) is 1. The molecule has 0 fully saturated rings. The zero-order chi connectivity index (χ0) is 27.7. The second-order valence-electron chi connectivity index (χ2n) is 10.3. The van der Waals surface area contributed by atoms with E-state index >= 15 is 0 Å². The van der Waals surface area contributed by atoms with E-state index in [1.165, 1.54) is 4.90 Å². The van der Waals surface area contributed by atoms with Gasteiger partial charge in [0.05, 0.1) is 17.9 Å². The highest BCUT2D eigenvalue weighted by molar-refractivity contribution is 6.01. The average Bonchev–Trinajstić information content (AvgIpc) is 3.15. The SMILES string of the molecule is CCCCOC(=O)c1cccc(CN(CC(=O)OC(C)(C)C)C(=O)C2=CCC=CC3=C2C=CCC(O)=C3)c1. The van der Waals surface area contributed by atoms with Crippen molar-refractivity contribution in [1.29, 1.82) is 0 Å². The fraction of sp³-hybridized carbons (Fsp3) is 0.387. The Labute approximate surface area is 224 Å². The summed E-state index contributed by atoms with van der Waals surface area (Å²) < 4.78 is 10.9. The zero-order valence-electron chi connectivity index (χ0n) is 22.7. The molecule has 0 aromatic heterocycles. The van der Waals surface area contributed by atoms with Crippen LogP contribution in [0.2, 0.25) is 0 Å². The Balaban J connectivity index is 1.92. The third kappa shape index (κ3) is 8.33. The number of benzene rings is 1. The summed E-state index contributed by atoms with van der Waals surface area (Å²) in [5, 5.41) is 10.1. The maximum absolute atomic E-state index is 14.0. The minimum atomic E-state index is -0.707. The third-order valence-corrected chi connectivity index (χ3v) is 5.82. The van der Waals surface area contributed by atoms with Crippen molar-refractivity contribution in [3.05, 3.63) is 94.3 Å². The molecule has 7 nitrogen and oxygen atoms in total. The Morgan fingerprint density at radius 1 is 1.11 bits per heavy atom. The van der Waals surface area contributed by atoms with Gasteiger partial charge in [-0.25, -0.2) is 4.79 Å². The van der Waals surface area contributed by atoms with Crippen LogP contribution in [0.25, 0.3) is 0 Å². The molecule has 1 amide bonds. The highest BCUT2D eigenvalue weighted by atomic mass is 16.6. The first-order valence-electron chi connectivity index (χ1n) is 13.0.